The number of hydrogen-bond acceptors (Lipinski definition) is 7. The highest BCUT2D eigenvalue weighted by molar-refractivity contribution is 5.98. The van der Waals surface area contributed by atoms with Gasteiger partial charge in [0.05, 0.1) is 42.9 Å². The third-order valence-electron chi connectivity index (χ3n) is 8.75. The predicted octanol–water partition coefficient (Wildman–Crippen LogP) is 2.47. The zero-order chi connectivity index (χ0) is 28.0. The molecule has 40 heavy (non-hydrogen) atoms. The number of benzene rings is 1. The summed E-state index contributed by atoms with van der Waals surface area (Å²) in [4.78, 5) is 20.9. The van der Waals surface area contributed by atoms with Crippen molar-refractivity contribution in [2.75, 3.05) is 57.4 Å². The molecule has 5 heterocycles. The van der Waals surface area contributed by atoms with E-state index in [1.165, 1.54) is 12.1 Å². The topological polar surface area (TPSA) is 78.2 Å². The standard InChI is InChI=1S/C30H40FN7O2/c1-20-15-36(25(13-32-20)16-35-9-10-40-18-21(35)2)17-28(39)37-19-30(3,4)29-26(37)12-23(27-14-33-34-38(27)29)11-22-5-7-24(31)8-6-22/h5-8,12,14,20-21,25,32H,9-11,13,15-19H2,1-4H3/t20-,21-,25-/m1/s1. The third-order valence-corrected chi connectivity index (χ3v) is 8.75. The van der Waals surface area contributed by atoms with Crippen molar-refractivity contribution in [1.82, 2.24) is 29.9 Å². The van der Waals surface area contributed by atoms with Crippen LogP contribution in [0.5, 0.6) is 0 Å². The Kier molecular flexibility index (Phi) is 7.37. The first-order chi connectivity index (χ1) is 19.2. The number of carbonyl (C=O) groups is 1. The molecule has 6 rings (SSSR count). The monoisotopic (exact) mass is 549 g/mol. The lowest BCUT2D eigenvalue weighted by atomic mass is 9.90. The van der Waals surface area contributed by atoms with E-state index in [9.17, 15) is 9.18 Å². The number of rotatable bonds is 6. The van der Waals surface area contributed by atoms with Gasteiger partial charge in [0.15, 0.2) is 0 Å². The molecule has 10 heteroatoms. The van der Waals surface area contributed by atoms with Crippen LogP contribution in [0.2, 0.25) is 0 Å². The number of morpholine rings is 1. The van der Waals surface area contributed by atoms with Crippen LogP contribution in [0, 0.1) is 5.82 Å². The number of fused-ring (bicyclic) bond motifs is 3. The molecule has 0 spiro atoms. The van der Waals surface area contributed by atoms with Crippen molar-refractivity contribution in [1.29, 1.82) is 0 Å². The van der Waals surface area contributed by atoms with Crippen LogP contribution in [0.4, 0.5) is 10.1 Å². The molecule has 2 fully saturated rings. The van der Waals surface area contributed by atoms with Gasteiger partial charge in [0.1, 0.15) is 5.82 Å². The van der Waals surface area contributed by atoms with E-state index in [0.717, 1.165) is 67.4 Å². The van der Waals surface area contributed by atoms with E-state index in [0.29, 0.717) is 31.6 Å². The Hall–Kier alpha value is -2.92. The number of ether oxygens (including phenoxy) is 1. The Morgan fingerprint density at radius 1 is 1.20 bits per heavy atom. The van der Waals surface area contributed by atoms with Crippen LogP contribution in [0.25, 0.3) is 5.52 Å². The van der Waals surface area contributed by atoms with Gasteiger partial charge in [-0.25, -0.2) is 8.91 Å². The number of nitrogens with zero attached hydrogens (tertiary/aromatic N) is 6. The molecule has 0 bridgehead atoms. The van der Waals surface area contributed by atoms with E-state index in [-0.39, 0.29) is 23.2 Å². The number of carbonyl (C=O) groups excluding carboxylic acids is 1. The van der Waals surface area contributed by atoms with Gasteiger partial charge in [0, 0.05) is 56.3 Å². The van der Waals surface area contributed by atoms with Crippen LogP contribution in [0.3, 0.4) is 0 Å². The molecule has 3 aromatic rings. The summed E-state index contributed by atoms with van der Waals surface area (Å²) in [6.45, 7) is 14.7. The molecule has 3 aliphatic rings. The Balaban J connectivity index is 1.28. The van der Waals surface area contributed by atoms with Crippen LogP contribution in [0.15, 0.2) is 36.5 Å². The Morgan fingerprint density at radius 2 is 2.00 bits per heavy atom. The fourth-order valence-corrected chi connectivity index (χ4v) is 6.58. The van der Waals surface area contributed by atoms with Gasteiger partial charge < -0.3 is 15.0 Å². The van der Waals surface area contributed by atoms with Crippen molar-refractivity contribution in [2.45, 2.75) is 57.7 Å². The summed E-state index contributed by atoms with van der Waals surface area (Å²) in [6, 6.07) is 9.64. The van der Waals surface area contributed by atoms with E-state index in [2.05, 4.69) is 59.2 Å². The lowest BCUT2D eigenvalue weighted by Crippen LogP contribution is -2.62. The molecular weight excluding hydrogens is 509 g/mol. The summed E-state index contributed by atoms with van der Waals surface area (Å²) >= 11 is 0. The van der Waals surface area contributed by atoms with E-state index < -0.39 is 0 Å². The normalized spacial score (nSPS) is 25.4. The van der Waals surface area contributed by atoms with Crippen LogP contribution < -0.4 is 10.2 Å². The Labute approximate surface area is 235 Å². The molecule has 0 saturated carbocycles. The fraction of sp³-hybridized carbons (Fsp3) is 0.567. The summed E-state index contributed by atoms with van der Waals surface area (Å²) in [5.74, 6) is -0.149. The summed E-state index contributed by atoms with van der Waals surface area (Å²) in [5.41, 5.74) is 4.54. The SMILES string of the molecule is C[C@@H]1CN(CC(=O)N2CC(C)(C)c3c2cc(Cc2ccc(F)cc2)c2cnnn32)[C@@H](CN2CCOC[C@H]2C)CN1. The number of amides is 1. The fourth-order valence-electron chi connectivity index (χ4n) is 6.58. The minimum absolute atomic E-state index is 0.105. The van der Waals surface area contributed by atoms with E-state index in [1.54, 1.807) is 18.3 Å². The van der Waals surface area contributed by atoms with E-state index in [4.69, 9.17) is 4.74 Å². The molecule has 9 nitrogen and oxygen atoms in total. The smallest absolute Gasteiger partial charge is 0.241 e. The van der Waals surface area contributed by atoms with Crippen molar-refractivity contribution >= 4 is 17.1 Å². The minimum Gasteiger partial charge on any atom is -0.379 e. The average Bonchev–Trinajstić information content (AvgIpc) is 3.50. The second-order valence-corrected chi connectivity index (χ2v) is 12.4. The van der Waals surface area contributed by atoms with Gasteiger partial charge >= 0.3 is 0 Å². The number of aromatic nitrogens is 3. The maximum Gasteiger partial charge on any atom is 0.241 e. The number of pyridine rings is 1. The van der Waals surface area contributed by atoms with Gasteiger partial charge in [0.25, 0.3) is 0 Å². The van der Waals surface area contributed by atoms with E-state index in [1.807, 2.05) is 9.42 Å². The molecule has 1 N–H and O–H groups in total. The highest BCUT2D eigenvalue weighted by atomic mass is 19.1. The minimum atomic E-state index is -0.287. The summed E-state index contributed by atoms with van der Waals surface area (Å²) in [6.07, 6.45) is 2.38. The molecular formula is C30H40FN7O2. The Morgan fingerprint density at radius 3 is 2.77 bits per heavy atom. The zero-order valence-corrected chi connectivity index (χ0v) is 23.9. The van der Waals surface area contributed by atoms with Crippen LogP contribution in [-0.2, 0) is 21.4 Å². The van der Waals surface area contributed by atoms with Crippen molar-refractivity contribution in [2.24, 2.45) is 0 Å². The van der Waals surface area contributed by atoms with Crippen molar-refractivity contribution in [3.63, 3.8) is 0 Å². The van der Waals surface area contributed by atoms with Gasteiger partial charge in [-0.3, -0.25) is 14.6 Å². The summed E-state index contributed by atoms with van der Waals surface area (Å²) < 4.78 is 21.1. The third kappa shape index (κ3) is 5.25. The van der Waals surface area contributed by atoms with Gasteiger partial charge in [-0.15, -0.1) is 5.10 Å². The lowest BCUT2D eigenvalue weighted by molar-refractivity contribution is -0.121. The average molecular weight is 550 g/mol. The molecule has 214 valence electrons. The maximum absolute atomic E-state index is 14.1. The molecule has 1 amide bonds. The first kappa shape index (κ1) is 27.3. The second kappa shape index (κ2) is 10.8. The van der Waals surface area contributed by atoms with Gasteiger partial charge in [-0.1, -0.05) is 31.2 Å². The van der Waals surface area contributed by atoms with Crippen molar-refractivity contribution in [3.8, 4) is 0 Å². The number of piperazine rings is 1. The maximum atomic E-state index is 14.1. The van der Waals surface area contributed by atoms with Crippen LogP contribution in [0.1, 0.15) is 44.5 Å². The predicted molar refractivity (Wildman–Crippen MR) is 152 cm³/mol. The number of halogens is 1. The summed E-state index contributed by atoms with van der Waals surface area (Å²) in [7, 11) is 0. The largest absolute Gasteiger partial charge is 0.379 e. The van der Waals surface area contributed by atoms with Crippen LogP contribution in [-0.4, -0.2) is 101 Å². The second-order valence-electron chi connectivity index (χ2n) is 12.4. The highest BCUT2D eigenvalue weighted by Gasteiger charge is 2.42. The lowest BCUT2D eigenvalue weighted by Gasteiger charge is -2.43. The zero-order valence-electron chi connectivity index (χ0n) is 23.9. The quantitative estimate of drug-likeness (QED) is 0.506. The van der Waals surface area contributed by atoms with Crippen molar-refractivity contribution in [3.05, 3.63) is 59.2 Å². The molecule has 2 aromatic heterocycles. The van der Waals surface area contributed by atoms with Gasteiger partial charge in [0.2, 0.25) is 5.91 Å². The van der Waals surface area contributed by atoms with Gasteiger partial charge in [-0.2, -0.15) is 0 Å². The number of hydrogen-bond donors (Lipinski definition) is 1. The van der Waals surface area contributed by atoms with Crippen LogP contribution >= 0.6 is 0 Å². The molecule has 0 unspecified atom stereocenters. The molecule has 0 aliphatic carbocycles. The number of anilines is 1. The first-order valence-electron chi connectivity index (χ1n) is 14.4. The number of nitrogens with one attached hydrogen (secondary N) is 1. The molecule has 3 atom stereocenters. The summed E-state index contributed by atoms with van der Waals surface area (Å²) in [5, 5.41) is 12.3. The molecule has 0 radical (unpaired) electrons. The van der Waals surface area contributed by atoms with E-state index >= 15 is 0 Å². The molecule has 1 aromatic carbocycles. The first-order valence-corrected chi connectivity index (χ1v) is 14.4. The Bertz CT molecular complexity index is 1370. The molecule has 3 aliphatic heterocycles. The molecule has 2 saturated heterocycles. The highest BCUT2D eigenvalue weighted by Crippen LogP contribution is 2.42. The van der Waals surface area contributed by atoms with Crippen molar-refractivity contribution < 1.29 is 13.9 Å². The van der Waals surface area contributed by atoms with Gasteiger partial charge in [-0.05, 0) is 49.6 Å².